The SMILES string of the molecule is CC1CCC(C(CN)c2ccccc2Br)CC1. The Morgan fingerprint density at radius 1 is 1.24 bits per heavy atom. The fourth-order valence-corrected chi connectivity index (χ4v) is 3.62. The van der Waals surface area contributed by atoms with Gasteiger partial charge in [-0.25, -0.2) is 0 Å². The molecule has 0 aromatic heterocycles. The normalized spacial score (nSPS) is 26.8. The predicted octanol–water partition coefficient (Wildman–Crippen LogP) is 4.32. The molecule has 94 valence electrons. The van der Waals surface area contributed by atoms with Gasteiger partial charge in [0.2, 0.25) is 0 Å². The summed E-state index contributed by atoms with van der Waals surface area (Å²) in [6.45, 7) is 3.13. The molecule has 0 aliphatic heterocycles. The van der Waals surface area contributed by atoms with Gasteiger partial charge in [0.15, 0.2) is 0 Å². The number of halogens is 1. The molecule has 1 saturated carbocycles. The molecule has 2 N–H and O–H groups in total. The second-order valence-electron chi connectivity index (χ2n) is 5.38. The van der Waals surface area contributed by atoms with E-state index in [9.17, 15) is 0 Å². The van der Waals surface area contributed by atoms with Gasteiger partial charge in [0.25, 0.3) is 0 Å². The van der Waals surface area contributed by atoms with Crippen LogP contribution in [0, 0.1) is 11.8 Å². The maximum absolute atomic E-state index is 6.02. The predicted molar refractivity (Wildman–Crippen MR) is 77.1 cm³/mol. The number of hydrogen-bond acceptors (Lipinski definition) is 1. The molecule has 17 heavy (non-hydrogen) atoms. The van der Waals surface area contributed by atoms with Crippen molar-refractivity contribution in [2.45, 2.75) is 38.5 Å². The summed E-state index contributed by atoms with van der Waals surface area (Å²) < 4.78 is 1.22. The molecule has 1 fully saturated rings. The van der Waals surface area contributed by atoms with E-state index >= 15 is 0 Å². The Morgan fingerprint density at radius 3 is 2.47 bits per heavy atom. The van der Waals surface area contributed by atoms with Gasteiger partial charge in [-0.3, -0.25) is 0 Å². The summed E-state index contributed by atoms with van der Waals surface area (Å²) in [7, 11) is 0. The molecule has 2 heteroatoms. The fraction of sp³-hybridized carbons (Fsp3) is 0.600. The van der Waals surface area contributed by atoms with Crippen LogP contribution < -0.4 is 5.73 Å². The monoisotopic (exact) mass is 295 g/mol. The second kappa shape index (κ2) is 6.01. The van der Waals surface area contributed by atoms with Crippen molar-refractivity contribution in [1.29, 1.82) is 0 Å². The molecule has 2 rings (SSSR count). The first-order valence-corrected chi connectivity index (χ1v) is 7.46. The van der Waals surface area contributed by atoms with E-state index in [-0.39, 0.29) is 0 Å². The minimum absolute atomic E-state index is 0.526. The van der Waals surface area contributed by atoms with Gasteiger partial charge in [-0.15, -0.1) is 0 Å². The summed E-state index contributed by atoms with van der Waals surface area (Å²) in [5.41, 5.74) is 7.42. The van der Waals surface area contributed by atoms with Gasteiger partial charge in [-0.05, 0) is 42.9 Å². The minimum Gasteiger partial charge on any atom is -0.330 e. The van der Waals surface area contributed by atoms with Crippen LogP contribution in [0.5, 0.6) is 0 Å². The van der Waals surface area contributed by atoms with Crippen molar-refractivity contribution in [2.75, 3.05) is 6.54 Å². The number of rotatable bonds is 3. The zero-order chi connectivity index (χ0) is 12.3. The lowest BCUT2D eigenvalue weighted by atomic mass is 9.74. The maximum Gasteiger partial charge on any atom is 0.0210 e. The van der Waals surface area contributed by atoms with Crippen LogP contribution in [0.15, 0.2) is 28.7 Å². The first kappa shape index (κ1) is 13.1. The van der Waals surface area contributed by atoms with Crippen LogP contribution in [0.2, 0.25) is 0 Å². The molecule has 0 bridgehead atoms. The van der Waals surface area contributed by atoms with Crippen LogP contribution >= 0.6 is 15.9 Å². The third-order valence-corrected chi connectivity index (χ3v) is 4.91. The zero-order valence-corrected chi connectivity index (χ0v) is 12.1. The molecule has 0 heterocycles. The van der Waals surface area contributed by atoms with E-state index in [0.717, 1.165) is 18.4 Å². The number of benzene rings is 1. The Bertz CT molecular complexity index is 356. The quantitative estimate of drug-likeness (QED) is 0.883. The van der Waals surface area contributed by atoms with E-state index in [2.05, 4.69) is 47.1 Å². The molecule has 0 radical (unpaired) electrons. The molecular weight excluding hydrogens is 274 g/mol. The lowest BCUT2D eigenvalue weighted by Gasteiger charge is -2.32. The Balaban J connectivity index is 2.14. The zero-order valence-electron chi connectivity index (χ0n) is 10.5. The van der Waals surface area contributed by atoms with Gasteiger partial charge < -0.3 is 5.73 Å². The largest absolute Gasteiger partial charge is 0.330 e. The standard InChI is InChI=1S/C15H22BrN/c1-11-6-8-12(9-7-11)14(10-17)13-4-2-3-5-15(13)16/h2-5,11-12,14H,6-10,17H2,1H3. The fourth-order valence-electron chi connectivity index (χ4n) is 3.04. The highest BCUT2D eigenvalue weighted by atomic mass is 79.9. The van der Waals surface area contributed by atoms with Gasteiger partial charge in [0, 0.05) is 10.4 Å². The van der Waals surface area contributed by atoms with Gasteiger partial charge in [-0.1, -0.05) is 53.9 Å². The highest BCUT2D eigenvalue weighted by Crippen LogP contribution is 2.39. The molecule has 1 atom stereocenters. The number of nitrogens with two attached hydrogens (primary N) is 1. The molecule has 0 amide bonds. The Labute approximate surface area is 113 Å². The van der Waals surface area contributed by atoms with Gasteiger partial charge >= 0.3 is 0 Å². The smallest absolute Gasteiger partial charge is 0.0210 e. The molecule has 1 aromatic rings. The average molecular weight is 296 g/mol. The van der Waals surface area contributed by atoms with E-state index < -0.39 is 0 Å². The van der Waals surface area contributed by atoms with Crippen molar-refractivity contribution in [1.82, 2.24) is 0 Å². The van der Waals surface area contributed by atoms with Crippen LogP contribution in [0.3, 0.4) is 0 Å². The molecule has 1 aliphatic rings. The first-order chi connectivity index (χ1) is 8.22. The third kappa shape index (κ3) is 3.11. The average Bonchev–Trinajstić information content (AvgIpc) is 2.35. The van der Waals surface area contributed by atoms with Crippen molar-refractivity contribution in [3.8, 4) is 0 Å². The molecule has 0 spiro atoms. The first-order valence-electron chi connectivity index (χ1n) is 6.67. The van der Waals surface area contributed by atoms with Gasteiger partial charge in [0.1, 0.15) is 0 Å². The van der Waals surface area contributed by atoms with E-state index in [4.69, 9.17) is 5.73 Å². The summed E-state index contributed by atoms with van der Waals surface area (Å²) in [6, 6.07) is 8.54. The van der Waals surface area contributed by atoms with Crippen molar-refractivity contribution < 1.29 is 0 Å². The van der Waals surface area contributed by atoms with Crippen LogP contribution in [-0.2, 0) is 0 Å². The molecule has 1 aromatic carbocycles. The van der Waals surface area contributed by atoms with Crippen molar-refractivity contribution >= 4 is 15.9 Å². The van der Waals surface area contributed by atoms with E-state index in [1.54, 1.807) is 0 Å². The van der Waals surface area contributed by atoms with Crippen LogP contribution in [0.1, 0.15) is 44.1 Å². The van der Waals surface area contributed by atoms with Crippen molar-refractivity contribution in [3.63, 3.8) is 0 Å². The summed E-state index contributed by atoms with van der Waals surface area (Å²) in [5.74, 6) is 2.21. The lowest BCUT2D eigenvalue weighted by molar-refractivity contribution is 0.255. The van der Waals surface area contributed by atoms with Crippen LogP contribution in [0.25, 0.3) is 0 Å². The second-order valence-corrected chi connectivity index (χ2v) is 6.24. The van der Waals surface area contributed by atoms with Crippen molar-refractivity contribution in [2.24, 2.45) is 17.6 Å². The summed E-state index contributed by atoms with van der Waals surface area (Å²) >= 11 is 3.66. The molecule has 1 unspecified atom stereocenters. The van der Waals surface area contributed by atoms with Crippen LogP contribution in [-0.4, -0.2) is 6.54 Å². The lowest BCUT2D eigenvalue weighted by Crippen LogP contribution is -2.25. The summed E-state index contributed by atoms with van der Waals surface area (Å²) in [5, 5.41) is 0. The third-order valence-electron chi connectivity index (χ3n) is 4.19. The molecule has 1 aliphatic carbocycles. The van der Waals surface area contributed by atoms with Gasteiger partial charge in [-0.2, -0.15) is 0 Å². The Hall–Kier alpha value is -0.340. The molecule has 0 saturated heterocycles. The van der Waals surface area contributed by atoms with E-state index in [1.165, 1.54) is 35.7 Å². The van der Waals surface area contributed by atoms with Crippen molar-refractivity contribution in [3.05, 3.63) is 34.3 Å². The molecular formula is C15H22BrN. The van der Waals surface area contributed by atoms with E-state index in [0.29, 0.717) is 5.92 Å². The number of hydrogen-bond donors (Lipinski definition) is 1. The van der Waals surface area contributed by atoms with E-state index in [1.807, 2.05) is 0 Å². The van der Waals surface area contributed by atoms with Crippen LogP contribution in [0.4, 0.5) is 0 Å². The minimum atomic E-state index is 0.526. The Morgan fingerprint density at radius 2 is 1.88 bits per heavy atom. The topological polar surface area (TPSA) is 26.0 Å². The highest BCUT2D eigenvalue weighted by molar-refractivity contribution is 9.10. The summed E-state index contributed by atoms with van der Waals surface area (Å²) in [6.07, 6.45) is 5.41. The Kier molecular flexibility index (Phi) is 4.63. The van der Waals surface area contributed by atoms with Gasteiger partial charge in [0.05, 0.1) is 0 Å². The molecule has 1 nitrogen and oxygen atoms in total. The highest BCUT2D eigenvalue weighted by Gasteiger charge is 2.27. The summed E-state index contributed by atoms with van der Waals surface area (Å²) in [4.78, 5) is 0. The maximum atomic E-state index is 6.02.